The molecule has 1 saturated heterocycles. The molecule has 1 atom stereocenters. The second kappa shape index (κ2) is 7.85. The zero-order chi connectivity index (χ0) is 14.3. The summed E-state index contributed by atoms with van der Waals surface area (Å²) in [4.78, 5) is 14.1. The molecule has 1 unspecified atom stereocenters. The van der Waals surface area contributed by atoms with Gasteiger partial charge in [-0.1, -0.05) is 20.3 Å². The van der Waals surface area contributed by atoms with Crippen molar-refractivity contribution in [3.63, 3.8) is 0 Å². The summed E-state index contributed by atoms with van der Waals surface area (Å²) in [5.41, 5.74) is 0.0718. The number of hydrogen-bond acceptors (Lipinski definition) is 4. The number of aliphatic hydroxyl groups excluding tert-OH is 1. The monoisotopic (exact) mass is 271 g/mol. The largest absolute Gasteiger partial charge is 0.465 e. The first-order valence-electron chi connectivity index (χ1n) is 7.60. The van der Waals surface area contributed by atoms with Crippen molar-refractivity contribution >= 4 is 5.97 Å². The number of nitrogens with zero attached hydrogens (tertiary/aromatic N) is 1. The summed E-state index contributed by atoms with van der Waals surface area (Å²) in [6, 6.07) is -0.162. The molecule has 1 rings (SSSR count). The molecule has 4 heteroatoms. The minimum absolute atomic E-state index is 0.0718. The van der Waals surface area contributed by atoms with Crippen LogP contribution in [0.25, 0.3) is 0 Å². The van der Waals surface area contributed by atoms with Crippen LogP contribution in [0, 0.1) is 5.41 Å². The van der Waals surface area contributed by atoms with E-state index in [1.54, 1.807) is 0 Å². The fourth-order valence-corrected chi connectivity index (χ4v) is 2.60. The molecule has 19 heavy (non-hydrogen) atoms. The predicted octanol–water partition coefficient (Wildman–Crippen LogP) is 2.20. The van der Waals surface area contributed by atoms with Crippen LogP contribution in [0.2, 0.25) is 0 Å². The van der Waals surface area contributed by atoms with E-state index in [9.17, 15) is 9.90 Å². The Balaban J connectivity index is 2.39. The lowest BCUT2D eigenvalue weighted by Crippen LogP contribution is -2.48. The molecule has 0 spiro atoms. The molecule has 1 heterocycles. The highest BCUT2D eigenvalue weighted by atomic mass is 16.5. The van der Waals surface area contributed by atoms with Gasteiger partial charge in [-0.25, -0.2) is 0 Å². The molecule has 0 bridgehead atoms. The molecule has 0 aromatic carbocycles. The zero-order valence-corrected chi connectivity index (χ0v) is 12.7. The van der Waals surface area contributed by atoms with Crippen LogP contribution in [0.1, 0.15) is 52.9 Å². The van der Waals surface area contributed by atoms with Crippen molar-refractivity contribution in [2.45, 2.75) is 58.9 Å². The Morgan fingerprint density at radius 2 is 2.00 bits per heavy atom. The first kappa shape index (κ1) is 16.4. The Morgan fingerprint density at radius 3 is 2.47 bits per heavy atom. The molecule has 1 N–H and O–H groups in total. The number of ether oxygens (including phenoxy) is 1. The molecule has 1 aliphatic rings. The van der Waals surface area contributed by atoms with Gasteiger partial charge in [0.15, 0.2) is 0 Å². The molecule has 0 radical (unpaired) electrons. The van der Waals surface area contributed by atoms with E-state index >= 15 is 0 Å². The Labute approximate surface area is 117 Å². The van der Waals surface area contributed by atoms with E-state index in [0.29, 0.717) is 6.61 Å². The second-order valence-electron chi connectivity index (χ2n) is 5.74. The van der Waals surface area contributed by atoms with Crippen LogP contribution in [-0.2, 0) is 9.53 Å². The lowest BCUT2D eigenvalue weighted by molar-refractivity contribution is -0.150. The molecule has 112 valence electrons. The molecule has 4 nitrogen and oxygen atoms in total. The summed E-state index contributed by atoms with van der Waals surface area (Å²) in [6.07, 6.45) is 4.91. The Bertz CT molecular complexity index is 267. The first-order chi connectivity index (χ1) is 9.08. The number of likely N-dealkylation sites (tertiary alicyclic amines) is 1. The van der Waals surface area contributed by atoms with Gasteiger partial charge in [0.05, 0.1) is 6.61 Å². The van der Waals surface area contributed by atoms with Gasteiger partial charge in [0.1, 0.15) is 6.04 Å². The number of aliphatic hydroxyl groups is 1. The number of esters is 1. The van der Waals surface area contributed by atoms with Crippen molar-refractivity contribution in [2.24, 2.45) is 5.41 Å². The van der Waals surface area contributed by atoms with Gasteiger partial charge >= 0.3 is 5.97 Å². The normalized spacial score (nSPS) is 21.1. The first-order valence-corrected chi connectivity index (χ1v) is 7.60. The number of carbonyl (C=O) groups excluding carboxylic acids is 1. The maximum Gasteiger partial charge on any atom is 0.323 e. The average Bonchev–Trinajstić information content (AvgIpc) is 2.46. The van der Waals surface area contributed by atoms with Crippen molar-refractivity contribution in [3.05, 3.63) is 0 Å². The van der Waals surface area contributed by atoms with Gasteiger partial charge in [0.2, 0.25) is 0 Å². The standard InChI is InChI=1S/C15H29NO3/c1-4-6-11-19-14(18)13(3)16-9-7-15(5-2,12-17)8-10-16/h13,17H,4-12H2,1-3H3. The van der Waals surface area contributed by atoms with Crippen LogP contribution >= 0.6 is 0 Å². The van der Waals surface area contributed by atoms with Gasteiger partial charge < -0.3 is 9.84 Å². The maximum atomic E-state index is 11.9. The summed E-state index contributed by atoms with van der Waals surface area (Å²) < 4.78 is 5.27. The van der Waals surface area contributed by atoms with E-state index in [2.05, 4.69) is 18.7 Å². The predicted molar refractivity (Wildman–Crippen MR) is 75.9 cm³/mol. The SMILES string of the molecule is CCCCOC(=O)C(C)N1CCC(CC)(CO)CC1. The van der Waals surface area contributed by atoms with Crippen molar-refractivity contribution in [1.82, 2.24) is 4.90 Å². The summed E-state index contributed by atoms with van der Waals surface area (Å²) in [5, 5.41) is 9.51. The quantitative estimate of drug-likeness (QED) is 0.570. The van der Waals surface area contributed by atoms with Crippen molar-refractivity contribution in [1.29, 1.82) is 0 Å². The highest BCUT2D eigenvalue weighted by molar-refractivity contribution is 5.75. The van der Waals surface area contributed by atoms with Gasteiger partial charge in [-0.2, -0.15) is 0 Å². The number of hydrogen-bond donors (Lipinski definition) is 1. The second-order valence-corrected chi connectivity index (χ2v) is 5.74. The fourth-order valence-electron chi connectivity index (χ4n) is 2.60. The minimum Gasteiger partial charge on any atom is -0.465 e. The minimum atomic E-state index is -0.162. The average molecular weight is 271 g/mol. The molecule has 0 aromatic rings. The molecular weight excluding hydrogens is 242 g/mol. The highest BCUT2D eigenvalue weighted by Gasteiger charge is 2.35. The summed E-state index contributed by atoms with van der Waals surface area (Å²) in [6.45, 7) is 8.67. The van der Waals surface area contributed by atoms with E-state index in [1.807, 2.05) is 6.92 Å². The van der Waals surface area contributed by atoms with Crippen molar-refractivity contribution in [2.75, 3.05) is 26.3 Å². The Hall–Kier alpha value is -0.610. The zero-order valence-electron chi connectivity index (χ0n) is 12.7. The van der Waals surface area contributed by atoms with Crippen LogP contribution in [0.4, 0.5) is 0 Å². The summed E-state index contributed by atoms with van der Waals surface area (Å²) >= 11 is 0. The third kappa shape index (κ3) is 4.46. The third-order valence-corrected chi connectivity index (χ3v) is 4.58. The molecule has 1 aliphatic heterocycles. The van der Waals surface area contributed by atoms with Crippen LogP contribution in [-0.4, -0.2) is 48.3 Å². The maximum absolute atomic E-state index is 11.9. The van der Waals surface area contributed by atoms with Crippen molar-refractivity contribution in [3.8, 4) is 0 Å². The molecule has 0 aliphatic carbocycles. The number of carbonyl (C=O) groups is 1. The van der Waals surface area contributed by atoms with E-state index in [1.165, 1.54) is 0 Å². The van der Waals surface area contributed by atoms with Crippen LogP contribution in [0.3, 0.4) is 0 Å². The van der Waals surface area contributed by atoms with Crippen LogP contribution in [0.5, 0.6) is 0 Å². The molecule has 1 fully saturated rings. The summed E-state index contributed by atoms with van der Waals surface area (Å²) in [7, 11) is 0. The van der Waals surface area contributed by atoms with E-state index in [4.69, 9.17) is 4.74 Å². The number of unbranched alkanes of at least 4 members (excludes halogenated alkanes) is 1. The number of rotatable bonds is 7. The lowest BCUT2D eigenvalue weighted by Gasteiger charge is -2.41. The Morgan fingerprint density at radius 1 is 1.37 bits per heavy atom. The van der Waals surface area contributed by atoms with Gasteiger partial charge in [0, 0.05) is 6.61 Å². The molecule has 0 aromatic heterocycles. The van der Waals surface area contributed by atoms with Crippen LogP contribution in [0.15, 0.2) is 0 Å². The topological polar surface area (TPSA) is 49.8 Å². The van der Waals surface area contributed by atoms with E-state index < -0.39 is 0 Å². The fraction of sp³-hybridized carbons (Fsp3) is 0.933. The highest BCUT2D eigenvalue weighted by Crippen LogP contribution is 2.34. The Kier molecular flexibility index (Phi) is 6.80. The van der Waals surface area contributed by atoms with Gasteiger partial charge in [-0.05, 0) is 51.1 Å². The van der Waals surface area contributed by atoms with E-state index in [0.717, 1.165) is 45.2 Å². The van der Waals surface area contributed by atoms with Gasteiger partial charge in [-0.3, -0.25) is 9.69 Å². The molecular formula is C15H29NO3. The third-order valence-electron chi connectivity index (χ3n) is 4.58. The van der Waals surface area contributed by atoms with E-state index in [-0.39, 0.29) is 24.0 Å². The van der Waals surface area contributed by atoms with Gasteiger partial charge in [-0.15, -0.1) is 0 Å². The lowest BCUT2D eigenvalue weighted by atomic mass is 9.77. The van der Waals surface area contributed by atoms with Crippen molar-refractivity contribution < 1.29 is 14.6 Å². The summed E-state index contributed by atoms with van der Waals surface area (Å²) in [5.74, 6) is -0.110. The molecule has 0 amide bonds. The van der Waals surface area contributed by atoms with Gasteiger partial charge in [0.25, 0.3) is 0 Å². The smallest absolute Gasteiger partial charge is 0.323 e. The molecule has 0 saturated carbocycles. The van der Waals surface area contributed by atoms with Crippen LogP contribution < -0.4 is 0 Å². The number of piperidine rings is 1.